The van der Waals surface area contributed by atoms with Gasteiger partial charge in [0.15, 0.2) is 5.75 Å². The lowest BCUT2D eigenvalue weighted by atomic mass is 10.1. The number of aromatic nitrogens is 2. The van der Waals surface area contributed by atoms with Gasteiger partial charge in [-0.15, -0.1) is 0 Å². The molecule has 0 fully saturated rings. The van der Waals surface area contributed by atoms with Crippen LogP contribution in [0.2, 0.25) is 0 Å². The van der Waals surface area contributed by atoms with Crippen LogP contribution in [0.5, 0.6) is 5.75 Å². The fourth-order valence-corrected chi connectivity index (χ4v) is 2.30. The first-order valence-electron chi connectivity index (χ1n) is 6.72. The SMILES string of the molecule is Cc1nn(-c2ccccc2)c(Cc2ccc(F)cc2)c1O. The number of benzene rings is 2. The minimum atomic E-state index is -0.268. The summed E-state index contributed by atoms with van der Waals surface area (Å²) < 4.78 is 14.7. The number of rotatable bonds is 3. The molecule has 1 N–H and O–H groups in total. The fourth-order valence-electron chi connectivity index (χ4n) is 2.30. The molecule has 0 atom stereocenters. The highest BCUT2D eigenvalue weighted by molar-refractivity contribution is 5.42. The maximum Gasteiger partial charge on any atom is 0.160 e. The summed E-state index contributed by atoms with van der Waals surface area (Å²) in [6, 6.07) is 15.9. The van der Waals surface area contributed by atoms with Gasteiger partial charge in [0, 0.05) is 6.42 Å². The molecule has 0 saturated carbocycles. The lowest BCUT2D eigenvalue weighted by Gasteiger charge is -2.08. The number of para-hydroxylation sites is 1. The van der Waals surface area contributed by atoms with Crippen LogP contribution in [0.4, 0.5) is 4.39 Å². The summed E-state index contributed by atoms with van der Waals surface area (Å²) in [4.78, 5) is 0. The normalized spacial score (nSPS) is 10.8. The summed E-state index contributed by atoms with van der Waals surface area (Å²) >= 11 is 0. The van der Waals surface area contributed by atoms with Crippen molar-refractivity contribution in [2.24, 2.45) is 0 Å². The maximum atomic E-state index is 13.0. The number of aromatic hydroxyl groups is 1. The monoisotopic (exact) mass is 282 g/mol. The van der Waals surface area contributed by atoms with E-state index in [9.17, 15) is 9.50 Å². The summed E-state index contributed by atoms with van der Waals surface area (Å²) in [5.74, 6) is -0.0844. The first kappa shape index (κ1) is 13.4. The van der Waals surface area contributed by atoms with E-state index in [4.69, 9.17) is 0 Å². The fraction of sp³-hybridized carbons (Fsp3) is 0.118. The van der Waals surface area contributed by atoms with Crippen molar-refractivity contribution in [3.63, 3.8) is 0 Å². The molecule has 3 aromatic rings. The van der Waals surface area contributed by atoms with Crippen molar-refractivity contribution in [2.75, 3.05) is 0 Å². The molecule has 1 aromatic heterocycles. The average Bonchev–Trinajstić information content (AvgIpc) is 2.79. The number of hydrogen-bond acceptors (Lipinski definition) is 2. The largest absolute Gasteiger partial charge is 0.504 e. The van der Waals surface area contributed by atoms with Crippen molar-refractivity contribution in [3.8, 4) is 11.4 Å². The van der Waals surface area contributed by atoms with E-state index in [0.717, 1.165) is 11.3 Å². The van der Waals surface area contributed by atoms with E-state index < -0.39 is 0 Å². The van der Waals surface area contributed by atoms with E-state index >= 15 is 0 Å². The molecule has 0 amide bonds. The zero-order valence-corrected chi connectivity index (χ0v) is 11.6. The van der Waals surface area contributed by atoms with E-state index in [2.05, 4.69) is 5.10 Å². The minimum absolute atomic E-state index is 0.183. The minimum Gasteiger partial charge on any atom is -0.504 e. The Morgan fingerprint density at radius 1 is 1.05 bits per heavy atom. The molecule has 0 radical (unpaired) electrons. The number of aryl methyl sites for hydroxylation is 1. The van der Waals surface area contributed by atoms with Gasteiger partial charge in [-0.05, 0) is 36.8 Å². The van der Waals surface area contributed by atoms with Crippen molar-refractivity contribution in [1.82, 2.24) is 9.78 Å². The molecule has 4 heteroatoms. The van der Waals surface area contributed by atoms with Crippen molar-refractivity contribution in [1.29, 1.82) is 0 Å². The van der Waals surface area contributed by atoms with Crippen molar-refractivity contribution in [3.05, 3.63) is 77.4 Å². The third-order valence-electron chi connectivity index (χ3n) is 3.41. The van der Waals surface area contributed by atoms with Gasteiger partial charge in [0.05, 0.1) is 11.4 Å². The van der Waals surface area contributed by atoms with Gasteiger partial charge in [-0.3, -0.25) is 0 Å². The third-order valence-corrected chi connectivity index (χ3v) is 3.41. The zero-order valence-electron chi connectivity index (χ0n) is 11.6. The van der Waals surface area contributed by atoms with Crippen LogP contribution in [0.1, 0.15) is 17.0 Å². The Kier molecular flexibility index (Phi) is 3.44. The molecule has 21 heavy (non-hydrogen) atoms. The average molecular weight is 282 g/mol. The van der Waals surface area contributed by atoms with Crippen LogP contribution in [-0.2, 0) is 6.42 Å². The predicted molar refractivity (Wildman–Crippen MR) is 79.2 cm³/mol. The van der Waals surface area contributed by atoms with Gasteiger partial charge in [-0.2, -0.15) is 5.10 Å². The second kappa shape index (κ2) is 5.40. The van der Waals surface area contributed by atoms with Gasteiger partial charge in [-0.25, -0.2) is 9.07 Å². The predicted octanol–water partition coefficient (Wildman–Crippen LogP) is 3.62. The molecule has 2 aromatic carbocycles. The molecule has 106 valence electrons. The summed E-state index contributed by atoms with van der Waals surface area (Å²) in [6.07, 6.45) is 0.488. The Morgan fingerprint density at radius 2 is 1.71 bits per heavy atom. The Labute approximate surface area is 122 Å². The molecule has 0 saturated heterocycles. The Balaban J connectivity index is 2.03. The summed E-state index contributed by atoms with van der Waals surface area (Å²) in [7, 11) is 0. The van der Waals surface area contributed by atoms with Gasteiger partial charge < -0.3 is 5.11 Å². The highest BCUT2D eigenvalue weighted by atomic mass is 19.1. The first-order valence-corrected chi connectivity index (χ1v) is 6.72. The van der Waals surface area contributed by atoms with E-state index in [1.165, 1.54) is 12.1 Å². The zero-order chi connectivity index (χ0) is 14.8. The number of hydrogen-bond donors (Lipinski definition) is 1. The van der Waals surface area contributed by atoms with Crippen molar-refractivity contribution in [2.45, 2.75) is 13.3 Å². The first-order chi connectivity index (χ1) is 10.1. The summed E-state index contributed by atoms with van der Waals surface area (Å²) in [5, 5.41) is 14.6. The highest BCUT2D eigenvalue weighted by Crippen LogP contribution is 2.26. The molecule has 1 heterocycles. The molecular formula is C17H15FN2O. The van der Waals surface area contributed by atoms with Crippen molar-refractivity contribution >= 4 is 0 Å². The quantitative estimate of drug-likeness (QED) is 0.796. The molecule has 3 rings (SSSR count). The number of halogens is 1. The van der Waals surface area contributed by atoms with Gasteiger partial charge >= 0.3 is 0 Å². The van der Waals surface area contributed by atoms with Crippen LogP contribution in [-0.4, -0.2) is 14.9 Å². The Bertz CT molecular complexity index is 748. The van der Waals surface area contributed by atoms with Gasteiger partial charge in [0.25, 0.3) is 0 Å². The third kappa shape index (κ3) is 2.65. The topological polar surface area (TPSA) is 38.0 Å². The molecule has 0 bridgehead atoms. The van der Waals surface area contributed by atoms with Crippen LogP contribution in [0, 0.1) is 12.7 Å². The lowest BCUT2D eigenvalue weighted by Crippen LogP contribution is -2.03. The van der Waals surface area contributed by atoms with Crippen LogP contribution in [0.15, 0.2) is 54.6 Å². The van der Waals surface area contributed by atoms with Crippen LogP contribution >= 0.6 is 0 Å². The van der Waals surface area contributed by atoms with Gasteiger partial charge in [0.2, 0.25) is 0 Å². The molecule has 3 nitrogen and oxygen atoms in total. The molecule has 0 spiro atoms. The van der Waals surface area contributed by atoms with Crippen LogP contribution in [0.25, 0.3) is 5.69 Å². The Morgan fingerprint density at radius 3 is 2.38 bits per heavy atom. The van der Waals surface area contributed by atoms with E-state index in [-0.39, 0.29) is 11.6 Å². The molecular weight excluding hydrogens is 267 g/mol. The molecule has 0 aliphatic heterocycles. The maximum absolute atomic E-state index is 13.0. The second-order valence-corrected chi connectivity index (χ2v) is 4.93. The highest BCUT2D eigenvalue weighted by Gasteiger charge is 2.15. The Hall–Kier alpha value is -2.62. The standard InChI is InChI=1S/C17H15FN2O/c1-12-17(21)16(11-13-7-9-14(18)10-8-13)20(19-12)15-5-3-2-4-6-15/h2-10,21H,11H2,1H3. The van der Waals surface area contributed by atoms with Gasteiger partial charge in [-0.1, -0.05) is 30.3 Å². The van der Waals surface area contributed by atoms with E-state index in [0.29, 0.717) is 17.8 Å². The van der Waals surface area contributed by atoms with Crippen molar-refractivity contribution < 1.29 is 9.50 Å². The second-order valence-electron chi connectivity index (χ2n) is 4.93. The summed E-state index contributed by atoms with van der Waals surface area (Å²) in [5.41, 5.74) is 3.09. The molecule has 0 aliphatic rings. The van der Waals surface area contributed by atoms with Crippen LogP contribution in [0.3, 0.4) is 0 Å². The number of nitrogens with zero attached hydrogens (tertiary/aromatic N) is 2. The molecule has 0 unspecified atom stereocenters. The van der Waals surface area contributed by atoms with Crippen LogP contribution < -0.4 is 0 Å². The van der Waals surface area contributed by atoms with Gasteiger partial charge in [0.1, 0.15) is 11.5 Å². The smallest absolute Gasteiger partial charge is 0.160 e. The molecule has 0 aliphatic carbocycles. The lowest BCUT2D eigenvalue weighted by molar-refractivity contribution is 0.464. The van der Waals surface area contributed by atoms with E-state index in [1.807, 2.05) is 30.3 Å². The summed E-state index contributed by atoms with van der Waals surface area (Å²) in [6.45, 7) is 1.77. The van der Waals surface area contributed by atoms with E-state index in [1.54, 1.807) is 23.7 Å².